The molecule has 4 heteroatoms. The predicted octanol–water partition coefficient (Wildman–Crippen LogP) is 1.89. The molecule has 3 N–H and O–H groups in total. The Bertz CT molecular complexity index is 385. The predicted molar refractivity (Wildman–Crippen MR) is 62.3 cm³/mol. The summed E-state index contributed by atoms with van der Waals surface area (Å²) in [6.45, 7) is 0. The van der Waals surface area contributed by atoms with Crippen LogP contribution >= 0.6 is 11.3 Å². The van der Waals surface area contributed by atoms with E-state index in [0.717, 1.165) is 6.42 Å². The van der Waals surface area contributed by atoms with E-state index < -0.39 is 0 Å². The van der Waals surface area contributed by atoms with Crippen LogP contribution in [-0.2, 0) is 6.42 Å². The minimum absolute atomic E-state index is 0.167. The van der Waals surface area contributed by atoms with Crippen molar-refractivity contribution in [1.82, 2.24) is 10.4 Å². The molecule has 0 aliphatic carbocycles. The van der Waals surface area contributed by atoms with Crippen LogP contribution in [0.5, 0.6) is 0 Å². The summed E-state index contributed by atoms with van der Waals surface area (Å²) in [5.41, 5.74) is 5.25. The van der Waals surface area contributed by atoms with Crippen molar-refractivity contribution in [2.24, 2.45) is 5.84 Å². The molecule has 0 amide bonds. The second-order valence-electron chi connectivity index (χ2n) is 3.34. The number of nitrogens with one attached hydrogen (secondary N) is 1. The van der Waals surface area contributed by atoms with Crippen molar-refractivity contribution in [1.29, 1.82) is 0 Å². The number of hydrazine groups is 1. The SMILES string of the molecule is NNC(Cc1cccnc1)c1ccsc1. The zero-order valence-electron chi connectivity index (χ0n) is 8.26. The Kier molecular flexibility index (Phi) is 3.45. The lowest BCUT2D eigenvalue weighted by atomic mass is 10.0. The van der Waals surface area contributed by atoms with Crippen LogP contribution in [0.3, 0.4) is 0 Å². The van der Waals surface area contributed by atoms with Gasteiger partial charge in [0.25, 0.3) is 0 Å². The average molecular weight is 219 g/mol. The van der Waals surface area contributed by atoms with Gasteiger partial charge >= 0.3 is 0 Å². The van der Waals surface area contributed by atoms with Crippen molar-refractivity contribution in [2.45, 2.75) is 12.5 Å². The highest BCUT2D eigenvalue weighted by Gasteiger charge is 2.10. The zero-order valence-corrected chi connectivity index (χ0v) is 9.08. The lowest BCUT2D eigenvalue weighted by molar-refractivity contribution is 0.553. The number of hydrogen-bond acceptors (Lipinski definition) is 4. The lowest BCUT2D eigenvalue weighted by Crippen LogP contribution is -2.29. The Balaban J connectivity index is 2.10. The van der Waals surface area contributed by atoms with Crippen molar-refractivity contribution in [3.8, 4) is 0 Å². The number of rotatable bonds is 4. The van der Waals surface area contributed by atoms with E-state index in [2.05, 4.69) is 33.3 Å². The lowest BCUT2D eigenvalue weighted by Gasteiger charge is -2.14. The highest BCUT2D eigenvalue weighted by molar-refractivity contribution is 7.07. The van der Waals surface area contributed by atoms with Crippen molar-refractivity contribution >= 4 is 11.3 Å². The maximum Gasteiger partial charge on any atom is 0.0509 e. The zero-order chi connectivity index (χ0) is 10.5. The molecule has 2 aromatic rings. The summed E-state index contributed by atoms with van der Waals surface area (Å²) in [5.74, 6) is 5.55. The molecule has 0 aromatic carbocycles. The van der Waals surface area contributed by atoms with E-state index in [-0.39, 0.29) is 6.04 Å². The number of nitrogens with zero attached hydrogens (tertiary/aromatic N) is 1. The Morgan fingerprint density at radius 2 is 2.40 bits per heavy atom. The third-order valence-electron chi connectivity index (χ3n) is 2.31. The van der Waals surface area contributed by atoms with Crippen molar-refractivity contribution in [2.75, 3.05) is 0 Å². The second-order valence-corrected chi connectivity index (χ2v) is 4.12. The molecule has 2 rings (SSSR count). The summed E-state index contributed by atoms with van der Waals surface area (Å²) in [4.78, 5) is 4.09. The van der Waals surface area contributed by atoms with Gasteiger partial charge in [0.05, 0.1) is 6.04 Å². The quantitative estimate of drug-likeness (QED) is 0.610. The minimum atomic E-state index is 0.167. The summed E-state index contributed by atoms with van der Waals surface area (Å²) >= 11 is 1.68. The van der Waals surface area contributed by atoms with Gasteiger partial charge in [-0.1, -0.05) is 6.07 Å². The molecule has 0 aliphatic rings. The first-order valence-electron chi connectivity index (χ1n) is 4.77. The molecule has 15 heavy (non-hydrogen) atoms. The molecule has 0 saturated carbocycles. The molecular formula is C11H13N3S. The normalized spacial score (nSPS) is 12.6. The molecule has 1 atom stereocenters. The van der Waals surface area contributed by atoms with Crippen LogP contribution in [0.2, 0.25) is 0 Å². The van der Waals surface area contributed by atoms with E-state index in [0.29, 0.717) is 0 Å². The Labute approximate surface area is 92.9 Å². The second kappa shape index (κ2) is 5.02. The molecule has 2 aromatic heterocycles. The maximum absolute atomic E-state index is 5.55. The molecule has 1 unspecified atom stereocenters. The summed E-state index contributed by atoms with van der Waals surface area (Å²) in [6.07, 6.45) is 4.51. The number of aromatic nitrogens is 1. The van der Waals surface area contributed by atoms with Gasteiger partial charge in [-0.3, -0.25) is 16.3 Å². The monoisotopic (exact) mass is 219 g/mol. The van der Waals surface area contributed by atoms with Gasteiger partial charge in [-0.25, -0.2) is 0 Å². The van der Waals surface area contributed by atoms with Gasteiger partial charge in [0.15, 0.2) is 0 Å². The summed E-state index contributed by atoms with van der Waals surface area (Å²) in [5, 5.41) is 4.17. The molecule has 0 aliphatic heterocycles. The summed E-state index contributed by atoms with van der Waals surface area (Å²) < 4.78 is 0. The molecule has 0 saturated heterocycles. The van der Waals surface area contributed by atoms with E-state index in [9.17, 15) is 0 Å². The summed E-state index contributed by atoms with van der Waals surface area (Å²) in [7, 11) is 0. The van der Waals surface area contributed by atoms with Crippen LogP contribution in [-0.4, -0.2) is 4.98 Å². The van der Waals surface area contributed by atoms with E-state index in [1.165, 1.54) is 11.1 Å². The first-order valence-corrected chi connectivity index (χ1v) is 5.71. The van der Waals surface area contributed by atoms with E-state index in [1.807, 2.05) is 12.3 Å². The topological polar surface area (TPSA) is 50.9 Å². The largest absolute Gasteiger partial charge is 0.271 e. The number of pyridine rings is 1. The molecule has 2 heterocycles. The molecule has 0 bridgehead atoms. The van der Waals surface area contributed by atoms with Gasteiger partial charge in [-0.15, -0.1) is 0 Å². The van der Waals surface area contributed by atoms with E-state index in [4.69, 9.17) is 5.84 Å². The van der Waals surface area contributed by atoms with Gasteiger partial charge in [0.2, 0.25) is 0 Å². The molecule has 0 radical (unpaired) electrons. The number of hydrogen-bond donors (Lipinski definition) is 2. The van der Waals surface area contributed by atoms with Gasteiger partial charge < -0.3 is 0 Å². The van der Waals surface area contributed by atoms with Crippen molar-refractivity contribution < 1.29 is 0 Å². The fourth-order valence-electron chi connectivity index (χ4n) is 1.50. The standard InChI is InChI=1S/C11H13N3S/c12-14-11(10-3-5-15-8-10)6-9-2-1-4-13-7-9/h1-5,7-8,11,14H,6,12H2. The summed E-state index contributed by atoms with van der Waals surface area (Å²) in [6, 6.07) is 6.26. The smallest absolute Gasteiger partial charge is 0.0509 e. The third kappa shape index (κ3) is 2.62. The third-order valence-corrected chi connectivity index (χ3v) is 3.01. The Morgan fingerprint density at radius 1 is 1.47 bits per heavy atom. The van der Waals surface area contributed by atoms with Crippen LogP contribution in [0.25, 0.3) is 0 Å². The van der Waals surface area contributed by atoms with Crippen molar-refractivity contribution in [3.05, 3.63) is 52.5 Å². The first kappa shape index (κ1) is 10.3. The van der Waals surface area contributed by atoms with Gasteiger partial charge in [-0.2, -0.15) is 11.3 Å². The van der Waals surface area contributed by atoms with Crippen LogP contribution in [0.1, 0.15) is 17.2 Å². The molecule has 0 fully saturated rings. The fraction of sp³-hybridized carbons (Fsp3) is 0.182. The van der Waals surface area contributed by atoms with Crippen LogP contribution < -0.4 is 11.3 Å². The van der Waals surface area contributed by atoms with Crippen molar-refractivity contribution in [3.63, 3.8) is 0 Å². The van der Waals surface area contributed by atoms with E-state index in [1.54, 1.807) is 17.5 Å². The van der Waals surface area contributed by atoms with E-state index >= 15 is 0 Å². The van der Waals surface area contributed by atoms with Crippen LogP contribution in [0, 0.1) is 0 Å². The van der Waals surface area contributed by atoms with Gasteiger partial charge in [-0.05, 0) is 40.4 Å². The average Bonchev–Trinajstić information content (AvgIpc) is 2.81. The van der Waals surface area contributed by atoms with Gasteiger partial charge in [0, 0.05) is 12.4 Å². The van der Waals surface area contributed by atoms with Gasteiger partial charge in [0.1, 0.15) is 0 Å². The Hall–Kier alpha value is -1.23. The minimum Gasteiger partial charge on any atom is -0.271 e. The number of thiophene rings is 1. The number of nitrogens with two attached hydrogens (primary N) is 1. The molecular weight excluding hydrogens is 206 g/mol. The first-order chi connectivity index (χ1) is 7.40. The molecule has 78 valence electrons. The Morgan fingerprint density at radius 3 is 3.00 bits per heavy atom. The molecule has 0 spiro atoms. The highest BCUT2D eigenvalue weighted by Crippen LogP contribution is 2.19. The highest BCUT2D eigenvalue weighted by atomic mass is 32.1. The van der Waals surface area contributed by atoms with Crippen LogP contribution in [0.4, 0.5) is 0 Å². The van der Waals surface area contributed by atoms with Crippen LogP contribution in [0.15, 0.2) is 41.4 Å². The molecule has 3 nitrogen and oxygen atoms in total. The maximum atomic E-state index is 5.55. The fourth-order valence-corrected chi connectivity index (χ4v) is 2.22.